The van der Waals surface area contributed by atoms with Gasteiger partial charge in [0.1, 0.15) is 0 Å². The van der Waals surface area contributed by atoms with Gasteiger partial charge in [-0.3, -0.25) is 4.79 Å². The Balaban J connectivity index is 4.34. The van der Waals surface area contributed by atoms with Crippen molar-refractivity contribution in [2.45, 2.75) is 33.3 Å². The van der Waals surface area contributed by atoms with Crippen LogP contribution >= 0.6 is 0 Å². The molecular formula is C10H14O2. The van der Waals surface area contributed by atoms with Crippen LogP contribution in [0.3, 0.4) is 0 Å². The Morgan fingerprint density at radius 3 is 2.25 bits per heavy atom. The molecule has 0 atom stereocenters. The molecule has 0 aromatic carbocycles. The minimum Gasteiger partial charge on any atom is -0.447 e. The second-order valence-electron chi connectivity index (χ2n) is 3.13. The maximum atomic E-state index is 10.6. The molecule has 0 saturated carbocycles. The number of rotatable bonds is 1. The molecule has 0 N–H and O–H groups in total. The molecule has 0 heterocycles. The molecule has 0 fully saturated rings. The summed E-state index contributed by atoms with van der Waals surface area (Å²) in [6.45, 7) is 10.3. The molecule has 0 saturated heterocycles. The van der Waals surface area contributed by atoms with Gasteiger partial charge >= 0.3 is 5.97 Å². The lowest BCUT2D eigenvalue weighted by Crippen LogP contribution is -2.24. The highest BCUT2D eigenvalue weighted by atomic mass is 16.6. The number of esters is 1. The first kappa shape index (κ1) is 10.8. The third-order valence-electron chi connectivity index (χ3n) is 0.976. The molecule has 0 bridgehead atoms. The predicted octanol–water partition coefficient (Wildman–Crippen LogP) is 1.91. The van der Waals surface area contributed by atoms with E-state index in [2.05, 4.69) is 18.4 Å². The van der Waals surface area contributed by atoms with Crippen molar-refractivity contribution in [3.05, 3.63) is 12.2 Å². The van der Waals surface area contributed by atoms with Crippen molar-refractivity contribution in [2.24, 2.45) is 0 Å². The van der Waals surface area contributed by atoms with Gasteiger partial charge in [0.05, 0.1) is 0 Å². The third kappa shape index (κ3) is 5.55. The zero-order valence-corrected chi connectivity index (χ0v) is 8.02. The second-order valence-corrected chi connectivity index (χ2v) is 3.13. The normalized spacial score (nSPS) is 9.67. The van der Waals surface area contributed by atoms with Gasteiger partial charge in [-0.2, -0.15) is 0 Å². The zero-order valence-electron chi connectivity index (χ0n) is 8.02. The Bertz CT molecular complexity index is 251. The van der Waals surface area contributed by atoms with E-state index in [4.69, 9.17) is 4.74 Å². The molecule has 2 heteroatoms. The number of allylic oxidation sites excluding steroid dienone is 1. The lowest BCUT2D eigenvalue weighted by Gasteiger charge is -2.16. The summed E-state index contributed by atoms with van der Waals surface area (Å²) in [5.41, 5.74) is 0.0420. The summed E-state index contributed by atoms with van der Waals surface area (Å²) in [6.07, 6.45) is 0. The summed E-state index contributed by atoms with van der Waals surface area (Å²) in [6, 6.07) is 0. The molecular weight excluding hydrogens is 152 g/mol. The number of carbonyl (C=O) groups excluding carboxylic acids is 1. The zero-order chi connectivity index (χ0) is 9.78. The Hall–Kier alpha value is -1.23. The van der Waals surface area contributed by atoms with Crippen molar-refractivity contribution in [1.29, 1.82) is 0 Å². The van der Waals surface area contributed by atoms with Crippen molar-refractivity contribution in [2.75, 3.05) is 0 Å². The number of carbonyl (C=O) groups is 1. The summed E-state index contributed by atoms with van der Waals surface area (Å²) in [5, 5.41) is 0. The highest BCUT2D eigenvalue weighted by molar-refractivity contribution is 5.67. The summed E-state index contributed by atoms with van der Waals surface area (Å²) in [4.78, 5) is 10.6. The first-order valence-corrected chi connectivity index (χ1v) is 3.72. The smallest absolute Gasteiger partial charge is 0.304 e. The molecule has 0 aromatic heterocycles. The Morgan fingerprint density at radius 2 is 1.92 bits per heavy atom. The maximum absolute atomic E-state index is 10.6. The average molecular weight is 166 g/mol. The molecule has 0 unspecified atom stereocenters. The monoisotopic (exact) mass is 166 g/mol. The summed E-state index contributed by atoms with van der Waals surface area (Å²) in [7, 11) is 0. The summed E-state index contributed by atoms with van der Waals surface area (Å²) >= 11 is 0. The Labute approximate surface area is 73.6 Å². The van der Waals surface area contributed by atoms with Gasteiger partial charge < -0.3 is 4.74 Å². The fourth-order valence-corrected chi connectivity index (χ4v) is 0.642. The van der Waals surface area contributed by atoms with Gasteiger partial charge in [0.15, 0.2) is 5.60 Å². The van der Waals surface area contributed by atoms with E-state index < -0.39 is 5.60 Å². The minimum absolute atomic E-state index is 0.323. The second kappa shape index (κ2) is 3.96. The molecule has 66 valence electrons. The molecule has 0 rings (SSSR count). The first-order chi connectivity index (χ1) is 5.33. The Kier molecular flexibility index (Phi) is 3.56. The quantitative estimate of drug-likeness (QED) is 0.439. The molecule has 0 amide bonds. The molecule has 0 aliphatic rings. The third-order valence-corrected chi connectivity index (χ3v) is 0.976. The molecule has 0 aliphatic heterocycles. The standard InChI is InChI=1S/C10H14O2/c1-8(2)6-7-10(4,5)12-9(3)11/h1H2,2-5H3. The van der Waals surface area contributed by atoms with E-state index in [0.29, 0.717) is 0 Å². The van der Waals surface area contributed by atoms with Crippen LogP contribution in [-0.2, 0) is 9.53 Å². The van der Waals surface area contributed by atoms with Gasteiger partial charge in [-0.15, -0.1) is 0 Å². The maximum Gasteiger partial charge on any atom is 0.304 e. The lowest BCUT2D eigenvalue weighted by molar-refractivity contribution is -0.148. The molecule has 12 heavy (non-hydrogen) atoms. The summed E-state index contributed by atoms with van der Waals surface area (Å²) < 4.78 is 4.93. The van der Waals surface area contributed by atoms with Gasteiger partial charge in [-0.1, -0.05) is 18.4 Å². The van der Waals surface area contributed by atoms with E-state index in [0.717, 1.165) is 5.57 Å². The van der Waals surface area contributed by atoms with Crippen molar-refractivity contribution in [1.82, 2.24) is 0 Å². The van der Waals surface area contributed by atoms with Crippen LogP contribution in [0.2, 0.25) is 0 Å². The van der Waals surface area contributed by atoms with E-state index in [-0.39, 0.29) is 5.97 Å². The van der Waals surface area contributed by atoms with E-state index in [1.807, 2.05) is 0 Å². The fraction of sp³-hybridized carbons (Fsp3) is 0.500. The van der Waals surface area contributed by atoms with Crippen LogP contribution in [0, 0.1) is 11.8 Å². The molecule has 0 aliphatic carbocycles. The largest absolute Gasteiger partial charge is 0.447 e. The van der Waals surface area contributed by atoms with Gasteiger partial charge in [0, 0.05) is 6.92 Å². The van der Waals surface area contributed by atoms with Gasteiger partial charge in [-0.05, 0) is 26.3 Å². The van der Waals surface area contributed by atoms with E-state index in [9.17, 15) is 4.79 Å². The summed E-state index contributed by atoms with van der Waals surface area (Å²) in [5.74, 6) is 5.24. The average Bonchev–Trinajstić information content (AvgIpc) is 1.81. The van der Waals surface area contributed by atoms with E-state index in [1.165, 1.54) is 6.92 Å². The van der Waals surface area contributed by atoms with Crippen LogP contribution in [-0.4, -0.2) is 11.6 Å². The number of hydrogen-bond donors (Lipinski definition) is 0. The highest BCUT2D eigenvalue weighted by Crippen LogP contribution is 2.07. The van der Waals surface area contributed by atoms with Gasteiger partial charge in [-0.25, -0.2) is 0 Å². The van der Waals surface area contributed by atoms with Crippen molar-refractivity contribution in [3.8, 4) is 11.8 Å². The Morgan fingerprint density at radius 1 is 1.42 bits per heavy atom. The molecule has 0 radical (unpaired) electrons. The van der Waals surface area contributed by atoms with Crippen LogP contribution in [0.25, 0.3) is 0 Å². The van der Waals surface area contributed by atoms with Gasteiger partial charge in [0.2, 0.25) is 0 Å². The van der Waals surface area contributed by atoms with Crippen LogP contribution in [0.4, 0.5) is 0 Å². The molecule has 0 spiro atoms. The predicted molar refractivity (Wildman–Crippen MR) is 48.4 cm³/mol. The minimum atomic E-state index is -0.717. The van der Waals surface area contributed by atoms with Crippen molar-refractivity contribution in [3.63, 3.8) is 0 Å². The number of ether oxygens (including phenoxy) is 1. The van der Waals surface area contributed by atoms with E-state index in [1.54, 1.807) is 20.8 Å². The SMILES string of the molecule is C=C(C)C#CC(C)(C)OC(C)=O. The number of hydrogen-bond acceptors (Lipinski definition) is 2. The van der Waals surface area contributed by atoms with Crippen molar-refractivity contribution >= 4 is 5.97 Å². The lowest BCUT2D eigenvalue weighted by atomic mass is 10.1. The first-order valence-electron chi connectivity index (χ1n) is 3.72. The van der Waals surface area contributed by atoms with Crippen molar-refractivity contribution < 1.29 is 9.53 Å². The van der Waals surface area contributed by atoms with Crippen LogP contribution in [0.1, 0.15) is 27.7 Å². The van der Waals surface area contributed by atoms with Crippen LogP contribution in [0.5, 0.6) is 0 Å². The molecule has 0 aromatic rings. The van der Waals surface area contributed by atoms with Gasteiger partial charge in [0.25, 0.3) is 0 Å². The molecule has 2 nitrogen and oxygen atoms in total. The highest BCUT2D eigenvalue weighted by Gasteiger charge is 2.16. The van der Waals surface area contributed by atoms with Crippen LogP contribution < -0.4 is 0 Å². The van der Waals surface area contributed by atoms with E-state index >= 15 is 0 Å². The topological polar surface area (TPSA) is 26.3 Å². The van der Waals surface area contributed by atoms with Crippen LogP contribution in [0.15, 0.2) is 12.2 Å². The fourth-order valence-electron chi connectivity index (χ4n) is 0.642.